The Kier molecular flexibility index (Phi) is 5.03. The van der Waals surface area contributed by atoms with Gasteiger partial charge in [-0.25, -0.2) is 14.3 Å². The van der Waals surface area contributed by atoms with Crippen molar-refractivity contribution in [3.63, 3.8) is 0 Å². The van der Waals surface area contributed by atoms with Crippen molar-refractivity contribution in [3.05, 3.63) is 47.2 Å². The van der Waals surface area contributed by atoms with Crippen molar-refractivity contribution < 1.29 is 14.3 Å². The van der Waals surface area contributed by atoms with Crippen molar-refractivity contribution in [2.45, 2.75) is 30.1 Å². The minimum atomic E-state index is -0.577. The molecule has 1 aliphatic heterocycles. The molecule has 1 atom stereocenters. The zero-order valence-corrected chi connectivity index (χ0v) is 16.3. The van der Waals surface area contributed by atoms with Crippen LogP contribution in [0.2, 0.25) is 0 Å². The van der Waals surface area contributed by atoms with Crippen LogP contribution >= 0.6 is 11.8 Å². The molecule has 2 amide bonds. The fourth-order valence-corrected chi connectivity index (χ4v) is 4.17. The first kappa shape index (κ1) is 18.5. The number of hydrogen-bond donors (Lipinski definition) is 1. The van der Waals surface area contributed by atoms with Crippen LogP contribution in [0.5, 0.6) is 0 Å². The summed E-state index contributed by atoms with van der Waals surface area (Å²) in [5, 5.41) is 15.4. The third-order valence-corrected chi connectivity index (χ3v) is 5.75. The molecule has 1 aliphatic carbocycles. The first-order valence-corrected chi connectivity index (χ1v) is 9.90. The first-order valence-electron chi connectivity index (χ1n) is 8.91. The van der Waals surface area contributed by atoms with Gasteiger partial charge in [0.2, 0.25) is 5.16 Å². The van der Waals surface area contributed by atoms with Crippen molar-refractivity contribution in [1.29, 1.82) is 0 Å². The van der Waals surface area contributed by atoms with E-state index >= 15 is 0 Å². The van der Waals surface area contributed by atoms with E-state index in [9.17, 15) is 9.59 Å². The van der Waals surface area contributed by atoms with E-state index in [0.29, 0.717) is 28.2 Å². The number of urea groups is 1. The van der Waals surface area contributed by atoms with Crippen LogP contribution in [-0.4, -0.2) is 57.0 Å². The van der Waals surface area contributed by atoms with Crippen LogP contribution in [0.4, 0.5) is 4.79 Å². The Balaban J connectivity index is 1.69. The number of amides is 2. The molecule has 2 aliphatic rings. The molecular weight excluding hydrogens is 380 g/mol. The molecule has 28 heavy (non-hydrogen) atoms. The fourth-order valence-electron chi connectivity index (χ4n) is 3.14. The van der Waals surface area contributed by atoms with E-state index in [1.807, 2.05) is 30.3 Å². The molecule has 4 rings (SSSR count). The van der Waals surface area contributed by atoms with Crippen LogP contribution in [0, 0.1) is 0 Å². The van der Waals surface area contributed by atoms with Gasteiger partial charge in [0, 0.05) is 18.5 Å². The lowest BCUT2D eigenvalue weighted by Crippen LogP contribution is -2.47. The number of tetrazole rings is 1. The number of hydrogen-bond acceptors (Lipinski definition) is 7. The minimum absolute atomic E-state index is 0.279. The molecule has 2 heterocycles. The van der Waals surface area contributed by atoms with Crippen LogP contribution in [0.1, 0.15) is 30.5 Å². The number of thioether (sulfide) groups is 1. The molecule has 1 fully saturated rings. The fraction of sp³-hybridized carbons (Fsp3) is 0.389. The zero-order chi connectivity index (χ0) is 19.7. The average molecular weight is 400 g/mol. The van der Waals surface area contributed by atoms with Gasteiger partial charge >= 0.3 is 12.0 Å². The predicted octanol–water partition coefficient (Wildman–Crippen LogP) is 1.92. The highest BCUT2D eigenvalue weighted by Crippen LogP contribution is 2.38. The smallest absolute Gasteiger partial charge is 0.338 e. The number of carbonyl (C=O) groups is 2. The van der Waals surface area contributed by atoms with Gasteiger partial charge < -0.3 is 10.1 Å². The van der Waals surface area contributed by atoms with Crippen molar-refractivity contribution in [2.24, 2.45) is 0 Å². The predicted molar refractivity (Wildman–Crippen MR) is 101 cm³/mol. The summed E-state index contributed by atoms with van der Waals surface area (Å²) in [6, 6.07) is 8.85. The Morgan fingerprint density at radius 3 is 2.75 bits per heavy atom. The quantitative estimate of drug-likeness (QED) is 0.584. The molecule has 146 valence electrons. The lowest BCUT2D eigenvalue weighted by Gasteiger charge is -2.34. The number of esters is 1. The first-order chi connectivity index (χ1) is 13.6. The number of benzene rings is 1. The summed E-state index contributed by atoms with van der Waals surface area (Å²) in [6.07, 6.45) is 2.13. The zero-order valence-electron chi connectivity index (χ0n) is 15.5. The molecule has 9 nitrogen and oxygen atoms in total. The van der Waals surface area contributed by atoms with Crippen LogP contribution in [0.3, 0.4) is 0 Å². The van der Waals surface area contributed by atoms with Crippen LogP contribution < -0.4 is 5.32 Å². The number of rotatable bonds is 6. The Labute approximate surface area is 166 Å². The second-order valence-corrected chi connectivity index (χ2v) is 7.57. The number of nitrogens with one attached hydrogen (secondary N) is 1. The SMILES string of the molecule is COC(=O)C1=C(CSc2nnnn2C2CC2)N(C)C(=O)N[C@@H]1c1ccccc1. The Hall–Kier alpha value is -2.88. The highest BCUT2D eigenvalue weighted by molar-refractivity contribution is 7.99. The maximum atomic E-state index is 12.6. The lowest BCUT2D eigenvalue weighted by molar-refractivity contribution is -0.136. The van der Waals surface area contributed by atoms with E-state index in [1.165, 1.54) is 23.8 Å². The minimum Gasteiger partial charge on any atom is -0.466 e. The molecule has 1 aromatic heterocycles. The molecule has 1 aromatic carbocycles. The number of nitrogens with zero attached hydrogens (tertiary/aromatic N) is 5. The van der Waals surface area contributed by atoms with Crippen LogP contribution in [-0.2, 0) is 9.53 Å². The summed E-state index contributed by atoms with van der Waals surface area (Å²) < 4.78 is 6.84. The summed E-state index contributed by atoms with van der Waals surface area (Å²) >= 11 is 1.40. The molecule has 0 saturated heterocycles. The van der Waals surface area contributed by atoms with Gasteiger partial charge in [-0.05, 0) is 28.8 Å². The Morgan fingerprint density at radius 2 is 2.07 bits per heavy atom. The topological polar surface area (TPSA) is 102 Å². The number of methoxy groups -OCH3 is 1. The lowest BCUT2D eigenvalue weighted by atomic mass is 9.95. The summed E-state index contributed by atoms with van der Waals surface area (Å²) in [4.78, 5) is 26.7. The van der Waals surface area contributed by atoms with Gasteiger partial charge in [-0.3, -0.25) is 4.90 Å². The Morgan fingerprint density at radius 1 is 1.32 bits per heavy atom. The molecule has 0 unspecified atom stereocenters. The Bertz CT molecular complexity index is 924. The maximum Gasteiger partial charge on any atom is 0.338 e. The van der Waals surface area contributed by atoms with Gasteiger partial charge in [-0.2, -0.15) is 0 Å². The van der Waals surface area contributed by atoms with E-state index in [2.05, 4.69) is 20.8 Å². The largest absolute Gasteiger partial charge is 0.466 e. The number of aromatic nitrogens is 4. The third-order valence-electron chi connectivity index (χ3n) is 4.81. The maximum absolute atomic E-state index is 12.6. The monoisotopic (exact) mass is 400 g/mol. The van der Waals surface area contributed by atoms with Crippen LogP contribution in [0.15, 0.2) is 46.8 Å². The summed E-state index contributed by atoms with van der Waals surface area (Å²) in [6.45, 7) is 0. The van der Waals surface area contributed by atoms with Gasteiger partial charge in [-0.15, -0.1) is 5.10 Å². The van der Waals surface area contributed by atoms with E-state index in [0.717, 1.165) is 18.4 Å². The standard InChI is InChI=1S/C18H20N6O3S/c1-23-13(10-28-18-20-21-22-24(18)12-8-9-12)14(16(25)27-2)15(19-17(23)26)11-6-4-3-5-7-11/h3-7,12,15H,8-10H2,1-2H3,(H,19,26)/t15-/m1/s1. The van der Waals surface area contributed by atoms with Crippen LogP contribution in [0.25, 0.3) is 0 Å². The van der Waals surface area contributed by atoms with Gasteiger partial charge in [-0.1, -0.05) is 42.1 Å². The van der Waals surface area contributed by atoms with Gasteiger partial charge in [0.25, 0.3) is 0 Å². The second-order valence-electron chi connectivity index (χ2n) is 6.63. The van der Waals surface area contributed by atoms with Gasteiger partial charge in [0.1, 0.15) is 0 Å². The normalized spacial score (nSPS) is 19.6. The molecular formula is C18H20N6O3S. The molecule has 1 N–H and O–H groups in total. The van der Waals surface area contributed by atoms with E-state index in [-0.39, 0.29) is 6.03 Å². The number of ether oxygens (including phenoxy) is 1. The molecule has 0 bridgehead atoms. The third kappa shape index (κ3) is 3.47. The average Bonchev–Trinajstić information content (AvgIpc) is 3.46. The van der Waals surface area contributed by atoms with Gasteiger partial charge in [0.15, 0.2) is 0 Å². The highest BCUT2D eigenvalue weighted by atomic mass is 32.2. The summed E-state index contributed by atoms with van der Waals surface area (Å²) in [5.41, 5.74) is 1.81. The van der Waals surface area contributed by atoms with E-state index in [1.54, 1.807) is 11.7 Å². The van der Waals surface area contributed by atoms with Crippen molar-refractivity contribution in [3.8, 4) is 0 Å². The summed E-state index contributed by atoms with van der Waals surface area (Å²) in [7, 11) is 2.98. The molecule has 10 heteroatoms. The summed E-state index contributed by atoms with van der Waals surface area (Å²) in [5.74, 6) is -0.108. The van der Waals surface area contributed by atoms with Crippen molar-refractivity contribution in [1.82, 2.24) is 30.4 Å². The second kappa shape index (κ2) is 7.63. The molecule has 1 saturated carbocycles. The number of carbonyl (C=O) groups excluding carboxylic acids is 2. The van der Waals surface area contributed by atoms with E-state index in [4.69, 9.17) is 4.74 Å². The van der Waals surface area contributed by atoms with Crippen molar-refractivity contribution in [2.75, 3.05) is 19.9 Å². The molecule has 2 aromatic rings. The molecule has 0 spiro atoms. The molecule has 0 radical (unpaired) electrons. The van der Waals surface area contributed by atoms with Gasteiger partial charge in [0.05, 0.1) is 24.8 Å². The van der Waals surface area contributed by atoms with E-state index < -0.39 is 12.0 Å². The van der Waals surface area contributed by atoms with Crippen molar-refractivity contribution >= 4 is 23.8 Å². The highest BCUT2D eigenvalue weighted by Gasteiger charge is 2.37.